The Balaban J connectivity index is 1.53. The van der Waals surface area contributed by atoms with Crippen molar-refractivity contribution in [3.8, 4) is 22.8 Å². The van der Waals surface area contributed by atoms with Gasteiger partial charge in [-0.3, -0.25) is 14.3 Å². The monoisotopic (exact) mass is 445 g/mol. The number of ether oxygens (including phenoxy) is 1. The zero-order valence-corrected chi connectivity index (χ0v) is 18.5. The molecule has 0 bridgehead atoms. The molecule has 0 fully saturated rings. The summed E-state index contributed by atoms with van der Waals surface area (Å²) < 4.78 is 7.49. The lowest BCUT2D eigenvalue weighted by atomic mass is 10.2. The second-order valence-electron chi connectivity index (χ2n) is 6.86. The van der Waals surface area contributed by atoms with Crippen LogP contribution in [0.5, 0.6) is 5.75 Å². The van der Waals surface area contributed by atoms with E-state index in [4.69, 9.17) is 4.74 Å². The molecule has 7 nitrogen and oxygen atoms in total. The van der Waals surface area contributed by atoms with E-state index in [1.807, 2.05) is 78.2 Å². The summed E-state index contributed by atoms with van der Waals surface area (Å²) in [7, 11) is 0. The Kier molecular flexibility index (Phi) is 7.14. The third kappa shape index (κ3) is 5.33. The Bertz CT molecular complexity index is 1150. The summed E-state index contributed by atoms with van der Waals surface area (Å²) >= 11 is 1.34. The summed E-state index contributed by atoms with van der Waals surface area (Å²) in [4.78, 5) is 16.6. The molecule has 0 spiro atoms. The minimum Gasteiger partial charge on any atom is -0.494 e. The van der Waals surface area contributed by atoms with Gasteiger partial charge in [0, 0.05) is 30.2 Å². The molecular formula is C24H23N5O2S. The number of nitrogens with one attached hydrogen (secondary N) is 1. The summed E-state index contributed by atoms with van der Waals surface area (Å²) in [6.45, 7) is 3.05. The van der Waals surface area contributed by atoms with E-state index in [0.29, 0.717) is 24.1 Å². The fourth-order valence-corrected chi connectivity index (χ4v) is 3.90. The normalized spacial score (nSPS) is 10.7. The molecule has 0 atom stereocenters. The lowest BCUT2D eigenvalue weighted by molar-refractivity contribution is -0.118. The zero-order chi connectivity index (χ0) is 22.2. The zero-order valence-electron chi connectivity index (χ0n) is 17.6. The summed E-state index contributed by atoms with van der Waals surface area (Å²) in [5, 5.41) is 12.3. The van der Waals surface area contributed by atoms with Gasteiger partial charge in [-0.25, -0.2) is 0 Å². The summed E-state index contributed by atoms with van der Waals surface area (Å²) in [5.41, 5.74) is 2.78. The molecule has 162 valence electrons. The lowest BCUT2D eigenvalue weighted by Crippen LogP contribution is -2.24. The van der Waals surface area contributed by atoms with Crippen molar-refractivity contribution < 1.29 is 9.53 Å². The van der Waals surface area contributed by atoms with E-state index >= 15 is 0 Å². The van der Waals surface area contributed by atoms with Crippen molar-refractivity contribution in [2.45, 2.75) is 18.6 Å². The number of amides is 1. The largest absolute Gasteiger partial charge is 0.494 e. The number of hydrogen-bond donors (Lipinski definition) is 1. The van der Waals surface area contributed by atoms with Gasteiger partial charge in [0.25, 0.3) is 0 Å². The molecule has 0 saturated carbocycles. The van der Waals surface area contributed by atoms with Gasteiger partial charge in [-0.15, -0.1) is 10.2 Å². The number of benzene rings is 2. The smallest absolute Gasteiger partial charge is 0.230 e. The maximum absolute atomic E-state index is 12.4. The highest BCUT2D eigenvalue weighted by molar-refractivity contribution is 7.99. The minimum absolute atomic E-state index is 0.0666. The van der Waals surface area contributed by atoms with Gasteiger partial charge in [0.1, 0.15) is 5.75 Å². The molecule has 2 aromatic heterocycles. The number of hydrogen-bond acceptors (Lipinski definition) is 6. The second kappa shape index (κ2) is 10.6. The van der Waals surface area contributed by atoms with Gasteiger partial charge in [0.15, 0.2) is 11.0 Å². The van der Waals surface area contributed by atoms with E-state index < -0.39 is 0 Å². The van der Waals surface area contributed by atoms with Crippen LogP contribution >= 0.6 is 11.8 Å². The quantitative estimate of drug-likeness (QED) is 0.390. The van der Waals surface area contributed by atoms with Crippen molar-refractivity contribution in [1.82, 2.24) is 25.1 Å². The van der Waals surface area contributed by atoms with Crippen LogP contribution in [0.1, 0.15) is 12.5 Å². The first-order valence-corrected chi connectivity index (χ1v) is 11.3. The molecule has 32 heavy (non-hydrogen) atoms. The molecule has 8 heteroatoms. The molecule has 0 aliphatic heterocycles. The molecule has 0 saturated heterocycles. The topological polar surface area (TPSA) is 81.9 Å². The molecule has 0 aliphatic carbocycles. The molecule has 1 N–H and O–H groups in total. The van der Waals surface area contributed by atoms with Crippen molar-refractivity contribution in [1.29, 1.82) is 0 Å². The van der Waals surface area contributed by atoms with E-state index in [9.17, 15) is 4.79 Å². The van der Waals surface area contributed by atoms with Crippen LogP contribution in [-0.2, 0) is 11.3 Å². The van der Waals surface area contributed by atoms with Gasteiger partial charge in [0.05, 0.1) is 12.4 Å². The lowest BCUT2D eigenvalue weighted by Gasteiger charge is -2.11. The first-order chi connectivity index (χ1) is 15.7. The Labute approximate surface area is 190 Å². The molecule has 2 heterocycles. The first kappa shape index (κ1) is 21.6. The van der Waals surface area contributed by atoms with Crippen LogP contribution < -0.4 is 10.1 Å². The van der Waals surface area contributed by atoms with E-state index in [-0.39, 0.29) is 11.7 Å². The van der Waals surface area contributed by atoms with E-state index in [1.165, 1.54) is 11.8 Å². The fourth-order valence-electron chi connectivity index (χ4n) is 3.11. The molecule has 0 unspecified atom stereocenters. The molecular weight excluding hydrogens is 422 g/mol. The Morgan fingerprint density at radius 1 is 1.03 bits per heavy atom. The van der Waals surface area contributed by atoms with Crippen LogP contribution in [0.15, 0.2) is 84.3 Å². The third-order valence-corrected chi connectivity index (χ3v) is 5.55. The molecule has 0 aliphatic rings. The van der Waals surface area contributed by atoms with Crippen molar-refractivity contribution in [2.75, 3.05) is 12.4 Å². The number of carbonyl (C=O) groups is 1. The van der Waals surface area contributed by atoms with E-state index in [2.05, 4.69) is 20.5 Å². The number of pyridine rings is 1. The molecule has 1 amide bonds. The van der Waals surface area contributed by atoms with E-state index in [1.54, 1.807) is 12.4 Å². The van der Waals surface area contributed by atoms with Crippen LogP contribution in [-0.4, -0.2) is 38.0 Å². The van der Waals surface area contributed by atoms with Crippen molar-refractivity contribution in [3.63, 3.8) is 0 Å². The highest BCUT2D eigenvalue weighted by Crippen LogP contribution is 2.28. The fraction of sp³-hybridized carbons (Fsp3) is 0.167. The van der Waals surface area contributed by atoms with Crippen LogP contribution in [0, 0.1) is 0 Å². The van der Waals surface area contributed by atoms with Crippen LogP contribution in [0.3, 0.4) is 0 Å². The average molecular weight is 446 g/mol. The number of carbonyl (C=O) groups excluding carboxylic acids is 1. The van der Waals surface area contributed by atoms with Crippen LogP contribution in [0.4, 0.5) is 0 Å². The molecule has 4 aromatic rings. The predicted octanol–water partition coefficient (Wildman–Crippen LogP) is 4.14. The Hall–Kier alpha value is -3.65. The van der Waals surface area contributed by atoms with Crippen LogP contribution in [0.25, 0.3) is 17.1 Å². The van der Waals surface area contributed by atoms with Gasteiger partial charge < -0.3 is 10.1 Å². The summed E-state index contributed by atoms with van der Waals surface area (Å²) in [5.74, 6) is 1.62. The van der Waals surface area contributed by atoms with Crippen molar-refractivity contribution in [2.24, 2.45) is 0 Å². The van der Waals surface area contributed by atoms with Gasteiger partial charge >= 0.3 is 0 Å². The maximum Gasteiger partial charge on any atom is 0.230 e. The molecule has 2 aromatic carbocycles. The highest BCUT2D eigenvalue weighted by Gasteiger charge is 2.17. The number of thioether (sulfide) groups is 1. The van der Waals surface area contributed by atoms with Gasteiger partial charge in [-0.1, -0.05) is 42.1 Å². The SMILES string of the molecule is CCOc1ccc(-n2c(SCC(=O)NCc3ccccc3)nnc2-c2cccnc2)cc1. The number of nitrogens with zero attached hydrogens (tertiary/aromatic N) is 4. The second-order valence-corrected chi connectivity index (χ2v) is 7.80. The standard InChI is InChI=1S/C24H23N5O2S/c1-2-31-21-12-10-20(11-13-21)29-23(19-9-6-14-25-16-19)27-28-24(29)32-17-22(30)26-15-18-7-4-3-5-8-18/h3-14,16H,2,15,17H2,1H3,(H,26,30). The highest BCUT2D eigenvalue weighted by atomic mass is 32.2. The third-order valence-electron chi connectivity index (χ3n) is 4.62. The van der Waals surface area contributed by atoms with Crippen LogP contribution in [0.2, 0.25) is 0 Å². The van der Waals surface area contributed by atoms with Crippen molar-refractivity contribution >= 4 is 17.7 Å². The van der Waals surface area contributed by atoms with Gasteiger partial charge in [-0.05, 0) is 48.9 Å². The first-order valence-electron chi connectivity index (χ1n) is 10.3. The predicted molar refractivity (Wildman–Crippen MR) is 125 cm³/mol. The number of rotatable bonds is 9. The number of aromatic nitrogens is 4. The summed E-state index contributed by atoms with van der Waals surface area (Å²) in [6.07, 6.45) is 3.46. The Morgan fingerprint density at radius 3 is 2.56 bits per heavy atom. The molecule has 4 rings (SSSR count). The Morgan fingerprint density at radius 2 is 1.84 bits per heavy atom. The van der Waals surface area contributed by atoms with Crippen molar-refractivity contribution in [3.05, 3.63) is 84.7 Å². The minimum atomic E-state index is -0.0666. The maximum atomic E-state index is 12.4. The van der Waals surface area contributed by atoms with E-state index in [0.717, 1.165) is 22.6 Å². The van der Waals surface area contributed by atoms with Gasteiger partial charge in [0.2, 0.25) is 5.91 Å². The average Bonchev–Trinajstić information content (AvgIpc) is 3.27. The summed E-state index contributed by atoms with van der Waals surface area (Å²) in [6, 6.07) is 21.3. The van der Waals surface area contributed by atoms with Gasteiger partial charge in [-0.2, -0.15) is 0 Å². The molecule has 0 radical (unpaired) electrons.